The molecule has 0 aromatic heterocycles. The molecule has 0 atom stereocenters. The van der Waals surface area contributed by atoms with Crippen LogP contribution in [0.5, 0.6) is 11.5 Å². The first kappa shape index (κ1) is 20.3. The Kier molecular flexibility index (Phi) is 7.51. The molecule has 0 radical (unpaired) electrons. The second-order valence-electron chi connectivity index (χ2n) is 6.60. The number of hydrogen-bond acceptors (Lipinski definition) is 3. The zero-order chi connectivity index (χ0) is 19.1. The summed E-state index contributed by atoms with van der Waals surface area (Å²) in [5.41, 5.74) is 3.45. The van der Waals surface area contributed by atoms with Crippen LogP contribution in [0.1, 0.15) is 36.5 Å². The van der Waals surface area contributed by atoms with Gasteiger partial charge in [-0.05, 0) is 70.6 Å². The zero-order valence-corrected chi connectivity index (χ0v) is 17.4. The van der Waals surface area contributed by atoms with Crippen molar-refractivity contribution in [2.45, 2.75) is 33.6 Å². The smallest absolute Gasteiger partial charge is 0.258 e. The Morgan fingerprint density at radius 2 is 1.85 bits per heavy atom. The van der Waals surface area contributed by atoms with E-state index in [2.05, 4.69) is 35.1 Å². The summed E-state index contributed by atoms with van der Waals surface area (Å²) >= 11 is 3.49. The highest BCUT2D eigenvalue weighted by molar-refractivity contribution is 9.10. The molecule has 0 aliphatic carbocycles. The summed E-state index contributed by atoms with van der Waals surface area (Å²) in [7, 11) is 0. The number of nitrogens with one attached hydrogen (secondary N) is 1. The van der Waals surface area contributed by atoms with Gasteiger partial charge in [0, 0.05) is 0 Å². The van der Waals surface area contributed by atoms with Gasteiger partial charge in [0.25, 0.3) is 5.91 Å². The summed E-state index contributed by atoms with van der Waals surface area (Å²) < 4.78 is 12.2. The molecule has 26 heavy (non-hydrogen) atoms. The van der Waals surface area contributed by atoms with Crippen LogP contribution in [0.4, 0.5) is 0 Å². The number of aryl methyl sites for hydroxylation is 2. The van der Waals surface area contributed by atoms with Gasteiger partial charge in [-0.2, -0.15) is 0 Å². The Balaban J connectivity index is 1.73. The van der Waals surface area contributed by atoms with Crippen LogP contribution >= 0.6 is 15.9 Å². The minimum Gasteiger partial charge on any atom is -0.491 e. The van der Waals surface area contributed by atoms with Crippen molar-refractivity contribution in [1.82, 2.24) is 5.32 Å². The number of hydrogen-bond donors (Lipinski definition) is 1. The first-order valence-corrected chi connectivity index (χ1v) is 9.55. The second-order valence-corrected chi connectivity index (χ2v) is 7.45. The van der Waals surface area contributed by atoms with Crippen LogP contribution < -0.4 is 14.8 Å². The molecule has 1 N–H and O–H groups in total. The number of benzene rings is 2. The summed E-state index contributed by atoms with van der Waals surface area (Å²) in [4.78, 5) is 11.9. The number of carbonyl (C=O) groups excluding carboxylic acids is 1. The standard InChI is InChI=1S/C21H26BrNO3/c1-14(2)17-7-8-19(18(22)12-17)26-13-21(24)23-9-10-25-20-11-15(3)5-6-16(20)4/h5-8,11-12,14H,9-10,13H2,1-4H3,(H,23,24). The molecule has 0 bridgehead atoms. The first-order valence-electron chi connectivity index (χ1n) is 8.76. The maximum absolute atomic E-state index is 11.9. The van der Waals surface area contributed by atoms with Crippen LogP contribution in [0.15, 0.2) is 40.9 Å². The summed E-state index contributed by atoms with van der Waals surface area (Å²) in [6.07, 6.45) is 0. The van der Waals surface area contributed by atoms with Gasteiger partial charge >= 0.3 is 0 Å². The first-order chi connectivity index (χ1) is 12.4. The third-order valence-corrected chi connectivity index (χ3v) is 4.63. The Morgan fingerprint density at radius 3 is 2.54 bits per heavy atom. The third-order valence-electron chi connectivity index (χ3n) is 4.01. The van der Waals surface area contributed by atoms with E-state index in [9.17, 15) is 4.79 Å². The van der Waals surface area contributed by atoms with E-state index in [1.165, 1.54) is 5.56 Å². The Labute approximate surface area is 164 Å². The summed E-state index contributed by atoms with van der Waals surface area (Å²) in [6, 6.07) is 12.0. The fourth-order valence-electron chi connectivity index (χ4n) is 2.40. The molecule has 0 spiro atoms. The largest absolute Gasteiger partial charge is 0.491 e. The van der Waals surface area contributed by atoms with Crippen LogP contribution in [-0.4, -0.2) is 25.7 Å². The van der Waals surface area contributed by atoms with E-state index < -0.39 is 0 Å². The van der Waals surface area contributed by atoms with Crippen molar-refractivity contribution >= 4 is 21.8 Å². The molecule has 1 amide bonds. The summed E-state index contributed by atoms with van der Waals surface area (Å²) in [5.74, 6) is 1.79. The predicted molar refractivity (Wildman–Crippen MR) is 108 cm³/mol. The Morgan fingerprint density at radius 1 is 1.08 bits per heavy atom. The lowest BCUT2D eigenvalue weighted by Gasteiger charge is -2.12. The van der Waals surface area contributed by atoms with E-state index in [1.807, 2.05) is 50.2 Å². The van der Waals surface area contributed by atoms with Gasteiger partial charge in [-0.3, -0.25) is 4.79 Å². The number of rotatable bonds is 8. The van der Waals surface area contributed by atoms with E-state index in [0.717, 1.165) is 21.3 Å². The maximum Gasteiger partial charge on any atom is 0.258 e. The van der Waals surface area contributed by atoms with Crippen molar-refractivity contribution in [1.29, 1.82) is 0 Å². The van der Waals surface area contributed by atoms with Gasteiger partial charge in [-0.25, -0.2) is 0 Å². The number of halogens is 1. The molecule has 2 aromatic carbocycles. The molecule has 140 valence electrons. The zero-order valence-electron chi connectivity index (χ0n) is 15.8. The topological polar surface area (TPSA) is 47.6 Å². The Hall–Kier alpha value is -2.01. The van der Waals surface area contributed by atoms with Gasteiger partial charge in [-0.15, -0.1) is 0 Å². The lowest BCUT2D eigenvalue weighted by atomic mass is 10.0. The minimum atomic E-state index is -0.172. The molecule has 5 heteroatoms. The fraction of sp³-hybridized carbons (Fsp3) is 0.381. The highest BCUT2D eigenvalue weighted by atomic mass is 79.9. The molecule has 4 nitrogen and oxygen atoms in total. The molecular weight excluding hydrogens is 394 g/mol. The second kappa shape index (κ2) is 9.62. The van der Waals surface area contributed by atoms with Crippen LogP contribution in [-0.2, 0) is 4.79 Å². The predicted octanol–water partition coefficient (Wildman–Crippen LogP) is 4.76. The van der Waals surface area contributed by atoms with Crippen molar-refractivity contribution in [2.75, 3.05) is 19.8 Å². The van der Waals surface area contributed by atoms with Gasteiger partial charge in [0.2, 0.25) is 0 Å². The highest BCUT2D eigenvalue weighted by Gasteiger charge is 2.08. The van der Waals surface area contributed by atoms with Crippen LogP contribution in [0.2, 0.25) is 0 Å². The average Bonchev–Trinajstić information content (AvgIpc) is 2.60. The molecular formula is C21H26BrNO3. The van der Waals surface area contributed by atoms with E-state index >= 15 is 0 Å². The molecule has 0 unspecified atom stereocenters. The highest BCUT2D eigenvalue weighted by Crippen LogP contribution is 2.28. The molecule has 2 rings (SSSR count). The van der Waals surface area contributed by atoms with Gasteiger partial charge in [0.15, 0.2) is 6.61 Å². The van der Waals surface area contributed by atoms with Crippen molar-refractivity contribution in [3.8, 4) is 11.5 Å². The monoisotopic (exact) mass is 419 g/mol. The third kappa shape index (κ3) is 6.06. The van der Waals surface area contributed by atoms with E-state index in [4.69, 9.17) is 9.47 Å². The quantitative estimate of drug-likeness (QED) is 0.627. The molecule has 2 aromatic rings. The molecule has 0 saturated carbocycles. The van der Waals surface area contributed by atoms with Gasteiger partial charge in [-0.1, -0.05) is 32.0 Å². The normalized spacial score (nSPS) is 10.7. The average molecular weight is 420 g/mol. The van der Waals surface area contributed by atoms with Crippen LogP contribution in [0.3, 0.4) is 0 Å². The maximum atomic E-state index is 11.9. The van der Waals surface area contributed by atoms with E-state index in [0.29, 0.717) is 24.8 Å². The van der Waals surface area contributed by atoms with Crippen molar-refractivity contribution in [2.24, 2.45) is 0 Å². The number of carbonyl (C=O) groups is 1. The SMILES string of the molecule is Cc1ccc(C)c(OCCNC(=O)COc2ccc(C(C)C)cc2Br)c1. The number of amides is 1. The van der Waals surface area contributed by atoms with Crippen LogP contribution in [0, 0.1) is 13.8 Å². The Bertz CT molecular complexity index is 759. The lowest BCUT2D eigenvalue weighted by molar-refractivity contribution is -0.123. The summed E-state index contributed by atoms with van der Waals surface area (Å²) in [5, 5.41) is 2.80. The molecule has 0 saturated heterocycles. The summed E-state index contributed by atoms with van der Waals surface area (Å²) in [6.45, 7) is 9.13. The molecule has 0 heterocycles. The van der Waals surface area contributed by atoms with Crippen LogP contribution in [0.25, 0.3) is 0 Å². The fourth-order valence-corrected chi connectivity index (χ4v) is 2.91. The van der Waals surface area contributed by atoms with E-state index in [1.54, 1.807) is 0 Å². The van der Waals surface area contributed by atoms with Crippen molar-refractivity contribution in [3.05, 3.63) is 57.6 Å². The molecule has 0 aliphatic heterocycles. The van der Waals surface area contributed by atoms with Gasteiger partial charge in [0.1, 0.15) is 18.1 Å². The van der Waals surface area contributed by atoms with Gasteiger partial charge in [0.05, 0.1) is 11.0 Å². The lowest BCUT2D eigenvalue weighted by Crippen LogP contribution is -2.32. The molecule has 0 fully saturated rings. The van der Waals surface area contributed by atoms with Crippen molar-refractivity contribution in [3.63, 3.8) is 0 Å². The molecule has 0 aliphatic rings. The van der Waals surface area contributed by atoms with Gasteiger partial charge < -0.3 is 14.8 Å². The van der Waals surface area contributed by atoms with E-state index in [-0.39, 0.29) is 12.5 Å². The number of ether oxygens (including phenoxy) is 2. The minimum absolute atomic E-state index is 0.0247. The van der Waals surface area contributed by atoms with Crippen molar-refractivity contribution < 1.29 is 14.3 Å².